The lowest BCUT2D eigenvalue weighted by Crippen LogP contribution is -2.13. The standard InChI is InChI=1S/C12H19N/c1-9-7-10(8-13)5-6-11(9)12(2,3)4/h5-7H,8,13H2,1-4H3. The van der Waals surface area contributed by atoms with Gasteiger partial charge in [0.2, 0.25) is 0 Å². The van der Waals surface area contributed by atoms with Crippen molar-refractivity contribution in [1.82, 2.24) is 0 Å². The van der Waals surface area contributed by atoms with Crippen LogP contribution in [0.3, 0.4) is 0 Å². The van der Waals surface area contributed by atoms with Crippen LogP contribution >= 0.6 is 0 Å². The van der Waals surface area contributed by atoms with E-state index in [1.807, 2.05) is 0 Å². The van der Waals surface area contributed by atoms with Crippen LogP contribution in [0.25, 0.3) is 0 Å². The van der Waals surface area contributed by atoms with Crippen molar-refractivity contribution in [2.24, 2.45) is 5.73 Å². The van der Waals surface area contributed by atoms with E-state index in [1.54, 1.807) is 0 Å². The molecule has 1 nitrogen and oxygen atoms in total. The highest BCUT2D eigenvalue weighted by Gasteiger charge is 2.15. The van der Waals surface area contributed by atoms with E-state index < -0.39 is 0 Å². The summed E-state index contributed by atoms with van der Waals surface area (Å²) in [6.07, 6.45) is 0. The highest BCUT2D eigenvalue weighted by Crippen LogP contribution is 2.25. The highest BCUT2D eigenvalue weighted by atomic mass is 14.5. The smallest absolute Gasteiger partial charge is 0.0178 e. The molecule has 0 unspecified atom stereocenters. The minimum absolute atomic E-state index is 0.233. The Bertz CT molecular complexity index is 294. The van der Waals surface area contributed by atoms with Crippen molar-refractivity contribution in [2.45, 2.75) is 39.7 Å². The SMILES string of the molecule is Cc1cc(CN)ccc1C(C)(C)C. The number of aryl methyl sites for hydroxylation is 1. The van der Waals surface area contributed by atoms with Crippen molar-refractivity contribution in [3.63, 3.8) is 0 Å². The first-order chi connectivity index (χ1) is 5.95. The molecule has 0 fully saturated rings. The van der Waals surface area contributed by atoms with Gasteiger partial charge in [-0.15, -0.1) is 0 Å². The monoisotopic (exact) mass is 177 g/mol. The van der Waals surface area contributed by atoms with Crippen molar-refractivity contribution >= 4 is 0 Å². The van der Waals surface area contributed by atoms with Crippen molar-refractivity contribution in [2.75, 3.05) is 0 Å². The largest absolute Gasteiger partial charge is 0.326 e. The highest BCUT2D eigenvalue weighted by molar-refractivity contribution is 5.35. The van der Waals surface area contributed by atoms with Gasteiger partial charge in [0, 0.05) is 6.54 Å². The molecule has 0 amide bonds. The summed E-state index contributed by atoms with van der Waals surface area (Å²) in [4.78, 5) is 0. The third-order valence-electron chi connectivity index (χ3n) is 2.33. The summed E-state index contributed by atoms with van der Waals surface area (Å²) in [5, 5.41) is 0. The molecular formula is C12H19N. The minimum atomic E-state index is 0.233. The van der Waals surface area contributed by atoms with Crippen molar-refractivity contribution in [3.8, 4) is 0 Å². The predicted molar refractivity (Wildman–Crippen MR) is 57.8 cm³/mol. The molecule has 0 aliphatic rings. The molecule has 1 aromatic carbocycles. The topological polar surface area (TPSA) is 26.0 Å². The lowest BCUT2D eigenvalue weighted by Gasteiger charge is -2.22. The van der Waals surface area contributed by atoms with Crippen LogP contribution in [0, 0.1) is 6.92 Å². The van der Waals surface area contributed by atoms with E-state index in [2.05, 4.69) is 45.9 Å². The normalized spacial score (nSPS) is 11.8. The van der Waals surface area contributed by atoms with Crippen molar-refractivity contribution in [3.05, 3.63) is 34.9 Å². The molecule has 1 rings (SSSR count). The van der Waals surface area contributed by atoms with Gasteiger partial charge in [0.15, 0.2) is 0 Å². The molecule has 0 saturated carbocycles. The van der Waals surface area contributed by atoms with Gasteiger partial charge >= 0.3 is 0 Å². The quantitative estimate of drug-likeness (QED) is 0.701. The molecule has 0 saturated heterocycles. The summed E-state index contributed by atoms with van der Waals surface area (Å²) >= 11 is 0. The lowest BCUT2D eigenvalue weighted by molar-refractivity contribution is 0.586. The van der Waals surface area contributed by atoms with Crippen LogP contribution in [0.2, 0.25) is 0 Å². The molecule has 72 valence electrons. The number of hydrogen-bond donors (Lipinski definition) is 1. The Kier molecular flexibility index (Phi) is 2.77. The fraction of sp³-hybridized carbons (Fsp3) is 0.500. The second kappa shape index (κ2) is 3.51. The van der Waals surface area contributed by atoms with Gasteiger partial charge < -0.3 is 5.73 Å². The molecule has 1 aromatic rings. The van der Waals surface area contributed by atoms with Crippen LogP contribution < -0.4 is 5.73 Å². The van der Waals surface area contributed by atoms with Crippen LogP contribution in [0.1, 0.15) is 37.5 Å². The molecule has 0 radical (unpaired) electrons. The zero-order chi connectivity index (χ0) is 10.1. The zero-order valence-corrected chi connectivity index (χ0v) is 9.02. The maximum atomic E-state index is 5.58. The van der Waals surface area contributed by atoms with Crippen LogP contribution in [0.15, 0.2) is 18.2 Å². The van der Waals surface area contributed by atoms with Crippen LogP contribution in [0.4, 0.5) is 0 Å². The Morgan fingerprint density at radius 3 is 2.23 bits per heavy atom. The van der Waals surface area contributed by atoms with Crippen LogP contribution in [0.5, 0.6) is 0 Å². The summed E-state index contributed by atoms with van der Waals surface area (Å²) in [6.45, 7) is 9.48. The molecular weight excluding hydrogens is 158 g/mol. The number of nitrogens with two attached hydrogens (primary N) is 1. The first-order valence-electron chi connectivity index (χ1n) is 4.75. The van der Waals surface area contributed by atoms with E-state index in [0.29, 0.717) is 6.54 Å². The Balaban J connectivity index is 3.13. The third kappa shape index (κ3) is 2.31. The zero-order valence-electron chi connectivity index (χ0n) is 9.02. The van der Waals surface area contributed by atoms with Crippen LogP contribution in [-0.4, -0.2) is 0 Å². The van der Waals surface area contributed by atoms with Gasteiger partial charge in [0.05, 0.1) is 0 Å². The summed E-state index contributed by atoms with van der Waals surface area (Å²) in [7, 11) is 0. The van der Waals surface area contributed by atoms with Crippen molar-refractivity contribution < 1.29 is 0 Å². The van der Waals surface area contributed by atoms with Gasteiger partial charge in [-0.2, -0.15) is 0 Å². The lowest BCUT2D eigenvalue weighted by atomic mass is 9.83. The van der Waals surface area contributed by atoms with Gasteiger partial charge in [0.1, 0.15) is 0 Å². The van der Waals surface area contributed by atoms with Gasteiger partial charge in [-0.25, -0.2) is 0 Å². The van der Waals surface area contributed by atoms with E-state index in [-0.39, 0.29) is 5.41 Å². The first-order valence-corrected chi connectivity index (χ1v) is 4.75. The van der Waals surface area contributed by atoms with Gasteiger partial charge in [-0.3, -0.25) is 0 Å². The number of benzene rings is 1. The Labute approximate surface area is 81.0 Å². The summed E-state index contributed by atoms with van der Waals surface area (Å²) < 4.78 is 0. The second-order valence-corrected chi connectivity index (χ2v) is 4.60. The summed E-state index contributed by atoms with van der Waals surface area (Å²) in [6, 6.07) is 6.49. The fourth-order valence-corrected chi connectivity index (χ4v) is 1.69. The molecule has 1 heteroatoms. The third-order valence-corrected chi connectivity index (χ3v) is 2.33. The van der Waals surface area contributed by atoms with Crippen LogP contribution in [-0.2, 0) is 12.0 Å². The first kappa shape index (κ1) is 10.3. The summed E-state index contributed by atoms with van der Waals surface area (Å²) in [5.41, 5.74) is 9.77. The Morgan fingerprint density at radius 2 is 1.85 bits per heavy atom. The van der Waals surface area contributed by atoms with Gasteiger partial charge in [-0.1, -0.05) is 39.0 Å². The average molecular weight is 177 g/mol. The molecule has 0 aromatic heterocycles. The van der Waals surface area contributed by atoms with E-state index >= 15 is 0 Å². The molecule has 0 aliphatic heterocycles. The number of rotatable bonds is 1. The minimum Gasteiger partial charge on any atom is -0.326 e. The maximum absolute atomic E-state index is 5.58. The Hall–Kier alpha value is -0.820. The molecule has 0 spiro atoms. The molecule has 0 heterocycles. The average Bonchev–Trinajstić information content (AvgIpc) is 2.01. The number of hydrogen-bond acceptors (Lipinski definition) is 1. The summed E-state index contributed by atoms with van der Waals surface area (Å²) in [5.74, 6) is 0. The molecule has 0 aliphatic carbocycles. The molecule has 0 atom stereocenters. The van der Waals surface area contributed by atoms with E-state index in [1.165, 1.54) is 16.7 Å². The van der Waals surface area contributed by atoms with E-state index in [9.17, 15) is 0 Å². The van der Waals surface area contributed by atoms with E-state index in [4.69, 9.17) is 5.73 Å². The predicted octanol–water partition coefficient (Wildman–Crippen LogP) is 2.75. The second-order valence-electron chi connectivity index (χ2n) is 4.60. The molecule has 13 heavy (non-hydrogen) atoms. The fourth-order valence-electron chi connectivity index (χ4n) is 1.69. The molecule has 2 N–H and O–H groups in total. The van der Waals surface area contributed by atoms with Gasteiger partial charge in [0.25, 0.3) is 0 Å². The van der Waals surface area contributed by atoms with E-state index in [0.717, 1.165) is 0 Å². The molecule has 0 bridgehead atoms. The maximum Gasteiger partial charge on any atom is 0.0178 e. The van der Waals surface area contributed by atoms with Gasteiger partial charge in [-0.05, 0) is 29.0 Å². The Morgan fingerprint density at radius 1 is 1.23 bits per heavy atom. The van der Waals surface area contributed by atoms with Crippen molar-refractivity contribution in [1.29, 1.82) is 0 Å².